The van der Waals surface area contributed by atoms with Crippen molar-refractivity contribution in [1.29, 1.82) is 0 Å². The molecule has 6 heteroatoms. The molecule has 0 atom stereocenters. The molecule has 1 aliphatic rings. The molecule has 0 saturated heterocycles. The standard InChI is InChI=1S/C19H14FN3OS/c20-14-6-3-5-13-16(10-11-25-18(13)14)22-23-19(24)17-9-8-12-4-1-2-7-15(12)21-17/h1-9H,10-11H2,(H,23,24). The highest BCUT2D eigenvalue weighted by Gasteiger charge is 2.19. The van der Waals surface area contributed by atoms with E-state index in [9.17, 15) is 9.18 Å². The number of carbonyl (C=O) groups excluding carboxylic acids is 1. The Morgan fingerprint density at radius 1 is 1.12 bits per heavy atom. The quantitative estimate of drug-likeness (QED) is 0.710. The lowest BCUT2D eigenvalue weighted by molar-refractivity contribution is 0.0950. The fourth-order valence-electron chi connectivity index (χ4n) is 2.75. The summed E-state index contributed by atoms with van der Waals surface area (Å²) in [6.45, 7) is 0. The zero-order valence-electron chi connectivity index (χ0n) is 13.2. The Hall–Kier alpha value is -2.73. The van der Waals surface area contributed by atoms with E-state index < -0.39 is 0 Å². The number of hydrogen-bond acceptors (Lipinski definition) is 4. The number of nitrogens with zero attached hydrogens (tertiary/aromatic N) is 2. The Kier molecular flexibility index (Phi) is 4.19. The number of hydrogen-bond donors (Lipinski definition) is 1. The Bertz CT molecular complexity index is 1000. The molecule has 0 fully saturated rings. The van der Waals surface area contributed by atoms with Crippen molar-refractivity contribution in [2.75, 3.05) is 5.75 Å². The summed E-state index contributed by atoms with van der Waals surface area (Å²) in [4.78, 5) is 17.3. The summed E-state index contributed by atoms with van der Waals surface area (Å²) >= 11 is 1.47. The van der Waals surface area contributed by atoms with Gasteiger partial charge >= 0.3 is 0 Å². The van der Waals surface area contributed by atoms with Crippen LogP contribution in [0.2, 0.25) is 0 Å². The van der Waals surface area contributed by atoms with Crippen molar-refractivity contribution in [3.63, 3.8) is 0 Å². The van der Waals surface area contributed by atoms with E-state index in [4.69, 9.17) is 0 Å². The molecule has 4 nitrogen and oxygen atoms in total. The fraction of sp³-hybridized carbons (Fsp3) is 0.105. The molecule has 0 radical (unpaired) electrons. The molecule has 2 heterocycles. The van der Waals surface area contributed by atoms with Gasteiger partial charge in [-0.15, -0.1) is 11.8 Å². The van der Waals surface area contributed by atoms with Crippen LogP contribution in [0.15, 0.2) is 64.6 Å². The normalized spacial score (nSPS) is 15.2. The number of hydrazone groups is 1. The van der Waals surface area contributed by atoms with Crippen LogP contribution in [0, 0.1) is 5.82 Å². The van der Waals surface area contributed by atoms with Gasteiger partial charge < -0.3 is 0 Å². The first kappa shape index (κ1) is 15.8. The van der Waals surface area contributed by atoms with Gasteiger partial charge in [0, 0.05) is 23.1 Å². The Balaban J connectivity index is 1.59. The number of rotatable bonds is 2. The number of amides is 1. The highest BCUT2D eigenvalue weighted by Crippen LogP contribution is 2.32. The van der Waals surface area contributed by atoms with E-state index in [0.717, 1.165) is 22.2 Å². The van der Waals surface area contributed by atoms with Gasteiger partial charge in [-0.1, -0.05) is 36.4 Å². The summed E-state index contributed by atoms with van der Waals surface area (Å²) in [6.07, 6.45) is 0.673. The zero-order chi connectivity index (χ0) is 17.2. The van der Waals surface area contributed by atoms with Crippen LogP contribution in [0.3, 0.4) is 0 Å². The number of carbonyl (C=O) groups is 1. The van der Waals surface area contributed by atoms with Crippen LogP contribution >= 0.6 is 11.8 Å². The summed E-state index contributed by atoms with van der Waals surface area (Å²) in [6, 6.07) is 16.0. The minimum atomic E-state index is -0.380. The Morgan fingerprint density at radius 2 is 2.00 bits per heavy atom. The molecule has 25 heavy (non-hydrogen) atoms. The molecule has 124 valence electrons. The largest absolute Gasteiger partial charge is 0.289 e. The van der Waals surface area contributed by atoms with Gasteiger partial charge in [-0.05, 0) is 18.2 Å². The third kappa shape index (κ3) is 3.13. The van der Waals surface area contributed by atoms with Crippen LogP contribution in [-0.2, 0) is 0 Å². The smallest absolute Gasteiger partial charge is 0.266 e. The summed E-state index contributed by atoms with van der Waals surface area (Å²) < 4.78 is 13.9. The molecular formula is C19H14FN3OS. The van der Waals surface area contributed by atoms with Crippen molar-refractivity contribution in [2.24, 2.45) is 5.10 Å². The molecule has 2 aromatic carbocycles. The van der Waals surface area contributed by atoms with E-state index in [1.807, 2.05) is 36.4 Å². The molecule has 3 aromatic rings. The van der Waals surface area contributed by atoms with Crippen molar-refractivity contribution in [3.05, 3.63) is 71.7 Å². The van der Waals surface area contributed by atoms with Gasteiger partial charge in [-0.2, -0.15) is 5.10 Å². The predicted octanol–water partition coefficient (Wildman–Crippen LogP) is 4.00. The number of para-hydroxylation sites is 1. The van der Waals surface area contributed by atoms with Crippen LogP contribution in [0.4, 0.5) is 4.39 Å². The van der Waals surface area contributed by atoms with E-state index >= 15 is 0 Å². The van der Waals surface area contributed by atoms with Gasteiger partial charge in [0.25, 0.3) is 5.91 Å². The summed E-state index contributed by atoms with van der Waals surface area (Å²) in [5, 5.41) is 5.19. The molecular weight excluding hydrogens is 337 g/mol. The highest BCUT2D eigenvalue weighted by molar-refractivity contribution is 7.99. The van der Waals surface area contributed by atoms with Crippen LogP contribution in [0.1, 0.15) is 22.5 Å². The predicted molar refractivity (Wildman–Crippen MR) is 97.5 cm³/mol. The average molecular weight is 351 g/mol. The topological polar surface area (TPSA) is 54.4 Å². The number of benzene rings is 2. The first-order valence-corrected chi connectivity index (χ1v) is 8.85. The first-order chi connectivity index (χ1) is 12.2. The summed E-state index contributed by atoms with van der Waals surface area (Å²) in [5.41, 5.74) is 5.02. The molecule has 1 amide bonds. The maximum Gasteiger partial charge on any atom is 0.289 e. The minimum Gasteiger partial charge on any atom is -0.266 e. The molecule has 0 aliphatic carbocycles. The van der Waals surface area contributed by atoms with Crippen LogP contribution in [-0.4, -0.2) is 22.4 Å². The molecule has 0 spiro atoms. The van der Waals surface area contributed by atoms with Crippen LogP contribution in [0.5, 0.6) is 0 Å². The molecule has 0 bridgehead atoms. The SMILES string of the molecule is O=C(NN=C1CCSc2c(F)cccc21)c1ccc2ccccc2n1. The third-order valence-corrected chi connectivity index (χ3v) is 5.10. The number of fused-ring (bicyclic) bond motifs is 2. The average Bonchev–Trinajstić information content (AvgIpc) is 2.66. The van der Waals surface area contributed by atoms with Gasteiger partial charge in [-0.25, -0.2) is 14.8 Å². The lowest BCUT2D eigenvalue weighted by Crippen LogP contribution is -2.22. The van der Waals surface area contributed by atoms with Crippen molar-refractivity contribution in [3.8, 4) is 0 Å². The second kappa shape index (κ2) is 6.64. The maximum atomic E-state index is 13.9. The number of halogens is 1. The van der Waals surface area contributed by atoms with Crippen LogP contribution < -0.4 is 5.43 Å². The van der Waals surface area contributed by atoms with Crippen molar-refractivity contribution < 1.29 is 9.18 Å². The molecule has 4 rings (SSSR count). The van der Waals surface area contributed by atoms with Gasteiger partial charge in [0.1, 0.15) is 11.5 Å². The first-order valence-electron chi connectivity index (χ1n) is 7.87. The van der Waals surface area contributed by atoms with Gasteiger partial charge in [0.2, 0.25) is 0 Å². The molecule has 0 saturated carbocycles. The monoisotopic (exact) mass is 351 g/mol. The van der Waals surface area contributed by atoms with Crippen molar-refractivity contribution >= 4 is 34.3 Å². The van der Waals surface area contributed by atoms with E-state index in [-0.39, 0.29) is 11.7 Å². The van der Waals surface area contributed by atoms with Crippen molar-refractivity contribution in [1.82, 2.24) is 10.4 Å². The maximum absolute atomic E-state index is 13.9. The zero-order valence-corrected chi connectivity index (χ0v) is 14.0. The van der Waals surface area contributed by atoms with Gasteiger partial charge in [-0.3, -0.25) is 4.79 Å². The summed E-state index contributed by atoms with van der Waals surface area (Å²) in [5.74, 6) is 0.100. The lowest BCUT2D eigenvalue weighted by atomic mass is 10.1. The minimum absolute atomic E-state index is 0.252. The number of nitrogens with one attached hydrogen (secondary N) is 1. The third-order valence-electron chi connectivity index (χ3n) is 3.99. The Morgan fingerprint density at radius 3 is 2.92 bits per heavy atom. The number of pyridine rings is 1. The van der Waals surface area contributed by atoms with E-state index in [1.165, 1.54) is 17.8 Å². The van der Waals surface area contributed by atoms with E-state index in [1.54, 1.807) is 12.1 Å². The van der Waals surface area contributed by atoms with E-state index in [2.05, 4.69) is 15.5 Å². The number of thioether (sulfide) groups is 1. The summed E-state index contributed by atoms with van der Waals surface area (Å²) in [7, 11) is 0. The molecule has 0 unspecified atom stereocenters. The van der Waals surface area contributed by atoms with E-state index in [0.29, 0.717) is 22.7 Å². The number of aromatic nitrogens is 1. The molecule has 1 aliphatic heterocycles. The van der Waals surface area contributed by atoms with Gasteiger partial charge in [0.05, 0.1) is 16.1 Å². The van der Waals surface area contributed by atoms with Gasteiger partial charge in [0.15, 0.2) is 0 Å². The van der Waals surface area contributed by atoms with Crippen molar-refractivity contribution in [2.45, 2.75) is 11.3 Å². The highest BCUT2D eigenvalue weighted by atomic mass is 32.2. The lowest BCUT2D eigenvalue weighted by Gasteiger charge is -2.17. The van der Waals surface area contributed by atoms with Crippen LogP contribution in [0.25, 0.3) is 10.9 Å². The molecule has 1 N–H and O–H groups in total. The Labute approximate surface area is 148 Å². The second-order valence-corrected chi connectivity index (χ2v) is 6.71. The molecule has 1 aromatic heterocycles. The second-order valence-electron chi connectivity index (χ2n) is 5.60. The fourth-order valence-corrected chi connectivity index (χ4v) is 3.80.